The number of H-pyrrole nitrogens is 1. The fourth-order valence-electron chi connectivity index (χ4n) is 2.68. The Bertz CT molecular complexity index is 1010. The average molecular weight is 360 g/mol. The lowest BCUT2D eigenvalue weighted by Gasteiger charge is -2.17. The van der Waals surface area contributed by atoms with Crippen LogP contribution in [-0.2, 0) is 12.7 Å². The van der Waals surface area contributed by atoms with Gasteiger partial charge in [-0.1, -0.05) is 24.3 Å². The maximum atomic E-state index is 12.6. The summed E-state index contributed by atoms with van der Waals surface area (Å²) in [5.74, 6) is -0.503. The lowest BCUT2D eigenvalue weighted by molar-refractivity contribution is -0.137. The van der Waals surface area contributed by atoms with Crippen LogP contribution in [0.5, 0.6) is 0 Å². The van der Waals surface area contributed by atoms with Crippen LogP contribution in [0.15, 0.2) is 59.5 Å². The number of hydrogen-bond acceptors (Lipinski definition) is 2. The minimum absolute atomic E-state index is 0.0156. The second-order valence-electron chi connectivity index (χ2n) is 5.93. The summed E-state index contributed by atoms with van der Waals surface area (Å²) < 4.78 is 37.8. The lowest BCUT2D eigenvalue weighted by Crippen LogP contribution is -2.30. The molecule has 0 aliphatic carbocycles. The molecule has 2 aromatic carbocycles. The number of para-hydroxylation sites is 1. The van der Waals surface area contributed by atoms with Crippen molar-refractivity contribution in [3.63, 3.8) is 0 Å². The normalized spacial score (nSPS) is 11.5. The molecule has 0 aliphatic rings. The van der Waals surface area contributed by atoms with Crippen molar-refractivity contribution in [1.82, 2.24) is 9.88 Å². The third kappa shape index (κ3) is 3.46. The molecule has 0 aliphatic heterocycles. The number of carbonyl (C=O) groups is 1. The van der Waals surface area contributed by atoms with E-state index in [1.54, 1.807) is 24.3 Å². The van der Waals surface area contributed by atoms with Gasteiger partial charge in [-0.3, -0.25) is 9.59 Å². The zero-order valence-corrected chi connectivity index (χ0v) is 13.8. The number of aromatic nitrogens is 1. The van der Waals surface area contributed by atoms with Gasteiger partial charge in [0.05, 0.1) is 5.56 Å². The Morgan fingerprint density at radius 1 is 1.08 bits per heavy atom. The highest BCUT2D eigenvalue weighted by Gasteiger charge is 2.30. The molecule has 134 valence electrons. The van der Waals surface area contributed by atoms with Gasteiger partial charge >= 0.3 is 6.18 Å². The van der Waals surface area contributed by atoms with Gasteiger partial charge in [-0.25, -0.2) is 0 Å². The van der Waals surface area contributed by atoms with Crippen molar-refractivity contribution < 1.29 is 18.0 Å². The van der Waals surface area contributed by atoms with Gasteiger partial charge in [0.15, 0.2) is 0 Å². The van der Waals surface area contributed by atoms with Crippen molar-refractivity contribution in [2.24, 2.45) is 0 Å². The number of nitrogens with one attached hydrogen (secondary N) is 1. The van der Waals surface area contributed by atoms with Crippen LogP contribution in [0.4, 0.5) is 13.2 Å². The molecule has 26 heavy (non-hydrogen) atoms. The number of aromatic amines is 1. The Morgan fingerprint density at radius 3 is 2.38 bits per heavy atom. The minimum atomic E-state index is -4.40. The highest BCUT2D eigenvalue weighted by molar-refractivity contribution is 5.96. The first-order chi connectivity index (χ1) is 12.3. The van der Waals surface area contributed by atoms with Crippen LogP contribution in [0, 0.1) is 0 Å². The minimum Gasteiger partial charge on any atom is -0.360 e. The molecule has 0 unspecified atom stereocenters. The van der Waals surface area contributed by atoms with Crippen LogP contribution < -0.4 is 5.43 Å². The van der Waals surface area contributed by atoms with Gasteiger partial charge in [0.2, 0.25) is 5.43 Å². The maximum Gasteiger partial charge on any atom is 0.416 e. The molecular formula is C19H15F3N2O2. The van der Waals surface area contributed by atoms with E-state index < -0.39 is 17.6 Å². The van der Waals surface area contributed by atoms with Gasteiger partial charge in [-0.05, 0) is 29.8 Å². The zero-order chi connectivity index (χ0) is 18.9. The second-order valence-corrected chi connectivity index (χ2v) is 5.93. The van der Waals surface area contributed by atoms with Crippen molar-refractivity contribution in [3.8, 4) is 0 Å². The van der Waals surface area contributed by atoms with Crippen LogP contribution in [0.1, 0.15) is 21.5 Å². The number of alkyl halides is 3. The molecule has 0 fully saturated rings. The Labute approximate surface area is 146 Å². The highest BCUT2D eigenvalue weighted by atomic mass is 19.4. The highest BCUT2D eigenvalue weighted by Crippen LogP contribution is 2.29. The number of benzene rings is 2. The van der Waals surface area contributed by atoms with E-state index in [-0.39, 0.29) is 17.5 Å². The molecule has 0 bridgehead atoms. The Morgan fingerprint density at radius 2 is 1.73 bits per heavy atom. The van der Waals surface area contributed by atoms with Crippen molar-refractivity contribution in [2.75, 3.05) is 7.05 Å². The summed E-state index contributed by atoms with van der Waals surface area (Å²) in [6, 6.07) is 11.4. The molecule has 0 saturated carbocycles. The van der Waals surface area contributed by atoms with Crippen LogP contribution in [0.3, 0.4) is 0 Å². The molecule has 1 heterocycles. The van der Waals surface area contributed by atoms with Crippen molar-refractivity contribution >= 4 is 16.8 Å². The van der Waals surface area contributed by atoms with Gasteiger partial charge < -0.3 is 9.88 Å². The van der Waals surface area contributed by atoms with E-state index >= 15 is 0 Å². The van der Waals surface area contributed by atoms with Crippen LogP contribution in [0.25, 0.3) is 10.9 Å². The second kappa shape index (κ2) is 6.67. The molecule has 0 spiro atoms. The number of rotatable bonds is 3. The number of nitrogens with zero attached hydrogens (tertiary/aromatic N) is 1. The predicted molar refractivity (Wildman–Crippen MR) is 91.8 cm³/mol. The third-order valence-corrected chi connectivity index (χ3v) is 4.07. The average Bonchev–Trinajstić information content (AvgIpc) is 2.61. The van der Waals surface area contributed by atoms with Gasteiger partial charge in [0.1, 0.15) is 5.56 Å². The predicted octanol–water partition coefficient (Wildman–Crippen LogP) is 3.82. The SMILES string of the molecule is CN(Cc1ccc(C(F)(F)F)cc1)C(=O)c1c[nH]c2ccccc2c1=O. The number of pyridine rings is 1. The molecule has 1 amide bonds. The molecule has 3 aromatic rings. The first-order valence-corrected chi connectivity index (χ1v) is 7.79. The third-order valence-electron chi connectivity index (χ3n) is 4.07. The summed E-state index contributed by atoms with van der Waals surface area (Å²) >= 11 is 0. The first-order valence-electron chi connectivity index (χ1n) is 7.79. The molecule has 7 heteroatoms. The maximum absolute atomic E-state index is 12.6. The number of fused-ring (bicyclic) bond motifs is 1. The summed E-state index contributed by atoms with van der Waals surface area (Å²) in [6.45, 7) is 0.0865. The van der Waals surface area contributed by atoms with E-state index in [0.717, 1.165) is 12.1 Å². The number of halogens is 3. The first kappa shape index (κ1) is 17.7. The molecule has 3 rings (SSSR count). The fraction of sp³-hybridized carbons (Fsp3) is 0.158. The fourth-order valence-corrected chi connectivity index (χ4v) is 2.68. The summed E-state index contributed by atoms with van der Waals surface area (Å²) in [5.41, 5.74) is 0.00782. The van der Waals surface area contributed by atoms with E-state index in [0.29, 0.717) is 16.5 Å². The smallest absolute Gasteiger partial charge is 0.360 e. The summed E-state index contributed by atoms with van der Waals surface area (Å²) in [5, 5.41) is 0.404. The Hall–Kier alpha value is -3.09. The molecular weight excluding hydrogens is 345 g/mol. The van der Waals surface area contributed by atoms with Crippen LogP contribution in [-0.4, -0.2) is 22.8 Å². The van der Waals surface area contributed by atoms with E-state index in [1.807, 2.05) is 0 Å². The quantitative estimate of drug-likeness (QED) is 0.772. The van der Waals surface area contributed by atoms with Gasteiger partial charge in [0.25, 0.3) is 5.91 Å². The Balaban J connectivity index is 1.82. The molecule has 0 radical (unpaired) electrons. The molecule has 0 atom stereocenters. The molecule has 4 nitrogen and oxygen atoms in total. The summed E-state index contributed by atoms with van der Waals surface area (Å²) in [4.78, 5) is 29.3. The number of hydrogen-bond donors (Lipinski definition) is 1. The van der Waals surface area contributed by atoms with Crippen LogP contribution >= 0.6 is 0 Å². The standard InChI is InChI=1S/C19H15F3N2O2/c1-24(11-12-6-8-13(9-7-12)19(20,21)22)18(26)15-10-23-16-5-3-2-4-14(16)17(15)25/h2-10H,11H2,1H3,(H,23,25). The number of amides is 1. The molecule has 1 N–H and O–H groups in total. The van der Waals surface area contributed by atoms with Crippen LogP contribution in [0.2, 0.25) is 0 Å². The van der Waals surface area contributed by atoms with Gasteiger partial charge in [0, 0.05) is 30.7 Å². The number of carbonyl (C=O) groups excluding carboxylic acids is 1. The van der Waals surface area contributed by atoms with Crippen molar-refractivity contribution in [1.29, 1.82) is 0 Å². The van der Waals surface area contributed by atoms with Gasteiger partial charge in [-0.15, -0.1) is 0 Å². The summed E-state index contributed by atoms with van der Waals surface area (Å²) in [6.07, 6.45) is -3.05. The zero-order valence-electron chi connectivity index (χ0n) is 13.8. The molecule has 0 saturated heterocycles. The van der Waals surface area contributed by atoms with E-state index in [1.165, 1.54) is 30.3 Å². The van der Waals surface area contributed by atoms with Crippen molar-refractivity contribution in [3.05, 3.63) is 81.6 Å². The summed E-state index contributed by atoms with van der Waals surface area (Å²) in [7, 11) is 1.49. The lowest BCUT2D eigenvalue weighted by atomic mass is 10.1. The monoisotopic (exact) mass is 360 g/mol. The van der Waals surface area contributed by atoms with E-state index in [2.05, 4.69) is 4.98 Å². The Kier molecular flexibility index (Phi) is 4.54. The van der Waals surface area contributed by atoms with Crippen molar-refractivity contribution in [2.45, 2.75) is 12.7 Å². The largest absolute Gasteiger partial charge is 0.416 e. The van der Waals surface area contributed by atoms with Gasteiger partial charge in [-0.2, -0.15) is 13.2 Å². The van der Waals surface area contributed by atoms with E-state index in [9.17, 15) is 22.8 Å². The van der Waals surface area contributed by atoms with E-state index in [4.69, 9.17) is 0 Å². The molecule has 1 aromatic heterocycles. The topological polar surface area (TPSA) is 53.2 Å².